The molecule has 0 spiro atoms. The van der Waals surface area contributed by atoms with E-state index in [4.69, 9.17) is 11.1 Å². The maximum atomic E-state index is 10.1. The van der Waals surface area contributed by atoms with Gasteiger partial charge in [-0.1, -0.05) is 37.1 Å². The summed E-state index contributed by atoms with van der Waals surface area (Å²) < 4.78 is 0. The molecule has 1 aromatic rings. The van der Waals surface area contributed by atoms with Crippen molar-refractivity contribution < 1.29 is 5.11 Å². The third-order valence-electron chi connectivity index (χ3n) is 3.99. The minimum atomic E-state index is -0.233. The van der Waals surface area contributed by atoms with E-state index >= 15 is 0 Å². The van der Waals surface area contributed by atoms with Crippen LogP contribution >= 0.6 is 0 Å². The number of likely N-dealkylation sites (N-methyl/N-ethyl adjacent to an activating group) is 1. The summed E-state index contributed by atoms with van der Waals surface area (Å²) in [5.41, 5.74) is 7.45. The Hall–Kier alpha value is -1.39. The average molecular weight is 261 g/mol. The van der Waals surface area contributed by atoms with Gasteiger partial charge in [0.25, 0.3) is 0 Å². The average Bonchev–Trinajstić information content (AvgIpc) is 2.39. The van der Waals surface area contributed by atoms with Gasteiger partial charge in [-0.3, -0.25) is 10.3 Å². The second-order valence-corrected chi connectivity index (χ2v) is 5.41. The smallest absolute Gasteiger partial charge is 0.123 e. The maximum absolute atomic E-state index is 10.1. The van der Waals surface area contributed by atoms with Crippen LogP contribution in [0.5, 0.6) is 0 Å². The van der Waals surface area contributed by atoms with Crippen molar-refractivity contribution in [2.24, 2.45) is 5.73 Å². The highest BCUT2D eigenvalue weighted by Crippen LogP contribution is 2.24. The molecule has 0 bridgehead atoms. The van der Waals surface area contributed by atoms with Crippen LogP contribution in [-0.2, 0) is 6.54 Å². The SMILES string of the molecule is CN(Cc1ccccc1C(=N)N)C1CCCCC1O. The van der Waals surface area contributed by atoms with Crippen LogP contribution in [0.25, 0.3) is 0 Å². The number of nitrogens with one attached hydrogen (secondary N) is 1. The second kappa shape index (κ2) is 6.17. The monoisotopic (exact) mass is 261 g/mol. The summed E-state index contributed by atoms with van der Waals surface area (Å²) in [4.78, 5) is 2.19. The van der Waals surface area contributed by atoms with Gasteiger partial charge in [0, 0.05) is 18.2 Å². The zero-order valence-electron chi connectivity index (χ0n) is 11.5. The predicted octanol–water partition coefficient (Wildman–Crippen LogP) is 1.71. The highest BCUT2D eigenvalue weighted by Gasteiger charge is 2.26. The molecular weight excluding hydrogens is 238 g/mol. The summed E-state index contributed by atoms with van der Waals surface area (Å²) in [6.07, 6.45) is 4.00. The van der Waals surface area contributed by atoms with Crippen molar-refractivity contribution >= 4 is 5.84 Å². The molecule has 0 saturated heterocycles. The summed E-state index contributed by atoms with van der Waals surface area (Å²) in [6, 6.07) is 7.96. The Bertz CT molecular complexity index is 447. The van der Waals surface area contributed by atoms with Crippen molar-refractivity contribution in [3.63, 3.8) is 0 Å². The highest BCUT2D eigenvalue weighted by atomic mass is 16.3. The zero-order valence-corrected chi connectivity index (χ0v) is 11.5. The second-order valence-electron chi connectivity index (χ2n) is 5.41. The predicted molar refractivity (Wildman–Crippen MR) is 77.2 cm³/mol. The van der Waals surface area contributed by atoms with E-state index in [0.29, 0.717) is 0 Å². The molecule has 0 radical (unpaired) electrons. The molecule has 4 heteroatoms. The van der Waals surface area contributed by atoms with Gasteiger partial charge in [0.2, 0.25) is 0 Å². The van der Waals surface area contributed by atoms with E-state index in [1.54, 1.807) is 0 Å². The fraction of sp³-hybridized carbons (Fsp3) is 0.533. The molecule has 2 unspecified atom stereocenters. The van der Waals surface area contributed by atoms with Gasteiger partial charge in [-0.05, 0) is 25.5 Å². The van der Waals surface area contributed by atoms with E-state index < -0.39 is 0 Å². The van der Waals surface area contributed by atoms with Crippen molar-refractivity contribution in [3.8, 4) is 0 Å². The number of nitrogens with two attached hydrogens (primary N) is 1. The van der Waals surface area contributed by atoms with Gasteiger partial charge in [0.15, 0.2) is 0 Å². The molecule has 0 amide bonds. The fourth-order valence-electron chi connectivity index (χ4n) is 2.91. The van der Waals surface area contributed by atoms with Crippen molar-refractivity contribution in [2.45, 2.75) is 44.4 Å². The van der Waals surface area contributed by atoms with Crippen LogP contribution in [0.15, 0.2) is 24.3 Å². The number of aliphatic hydroxyl groups excluding tert-OH is 1. The molecule has 2 rings (SSSR count). The molecular formula is C15H23N3O. The third kappa shape index (κ3) is 3.33. The van der Waals surface area contributed by atoms with Gasteiger partial charge in [0.1, 0.15) is 5.84 Å². The molecule has 1 saturated carbocycles. The van der Waals surface area contributed by atoms with Crippen molar-refractivity contribution in [3.05, 3.63) is 35.4 Å². The van der Waals surface area contributed by atoms with Gasteiger partial charge < -0.3 is 10.8 Å². The fourth-order valence-corrected chi connectivity index (χ4v) is 2.91. The molecule has 1 aromatic carbocycles. The zero-order chi connectivity index (χ0) is 13.8. The first kappa shape index (κ1) is 14.0. The van der Waals surface area contributed by atoms with Crippen molar-refractivity contribution in [2.75, 3.05) is 7.05 Å². The normalized spacial score (nSPS) is 23.5. The molecule has 19 heavy (non-hydrogen) atoms. The summed E-state index contributed by atoms with van der Waals surface area (Å²) in [6.45, 7) is 0.720. The lowest BCUT2D eigenvalue weighted by Gasteiger charge is -2.35. The molecule has 104 valence electrons. The summed E-state index contributed by atoms with van der Waals surface area (Å²) >= 11 is 0. The van der Waals surface area contributed by atoms with E-state index in [1.165, 1.54) is 6.42 Å². The Morgan fingerprint density at radius 1 is 1.37 bits per heavy atom. The number of hydrogen-bond donors (Lipinski definition) is 3. The molecule has 1 aliphatic carbocycles. The molecule has 2 atom stereocenters. The number of aliphatic hydroxyl groups is 1. The van der Waals surface area contributed by atoms with Gasteiger partial charge in [-0.15, -0.1) is 0 Å². The number of rotatable bonds is 4. The number of nitrogen functional groups attached to an aromatic ring is 1. The summed E-state index contributed by atoms with van der Waals surface area (Å²) in [7, 11) is 2.04. The minimum Gasteiger partial charge on any atom is -0.391 e. The maximum Gasteiger partial charge on any atom is 0.123 e. The molecule has 1 aliphatic rings. The Morgan fingerprint density at radius 3 is 2.74 bits per heavy atom. The van der Waals surface area contributed by atoms with E-state index in [-0.39, 0.29) is 18.0 Å². The van der Waals surface area contributed by atoms with Crippen LogP contribution in [0, 0.1) is 5.41 Å². The first-order chi connectivity index (χ1) is 9.09. The van der Waals surface area contributed by atoms with E-state index in [2.05, 4.69) is 4.90 Å². The number of nitrogens with zero attached hydrogens (tertiary/aromatic N) is 1. The van der Waals surface area contributed by atoms with Gasteiger partial charge in [-0.25, -0.2) is 0 Å². The number of benzene rings is 1. The van der Waals surface area contributed by atoms with Crippen LogP contribution in [0.4, 0.5) is 0 Å². The van der Waals surface area contributed by atoms with Crippen molar-refractivity contribution in [1.82, 2.24) is 4.90 Å². The van der Waals surface area contributed by atoms with Crippen LogP contribution < -0.4 is 5.73 Å². The highest BCUT2D eigenvalue weighted by molar-refractivity contribution is 5.96. The molecule has 0 heterocycles. The largest absolute Gasteiger partial charge is 0.391 e. The van der Waals surface area contributed by atoms with Gasteiger partial charge in [-0.2, -0.15) is 0 Å². The topological polar surface area (TPSA) is 73.3 Å². The quantitative estimate of drug-likeness (QED) is 0.570. The summed E-state index contributed by atoms with van der Waals surface area (Å²) in [5, 5.41) is 17.7. The molecule has 4 nitrogen and oxygen atoms in total. The van der Waals surface area contributed by atoms with Crippen LogP contribution in [0.1, 0.15) is 36.8 Å². The number of hydrogen-bond acceptors (Lipinski definition) is 3. The van der Waals surface area contributed by atoms with E-state index in [9.17, 15) is 5.11 Å². The van der Waals surface area contributed by atoms with Gasteiger partial charge >= 0.3 is 0 Å². The molecule has 0 aromatic heterocycles. The molecule has 4 N–H and O–H groups in total. The number of amidine groups is 1. The lowest BCUT2D eigenvalue weighted by Crippen LogP contribution is -2.43. The minimum absolute atomic E-state index is 0.105. The standard InChI is InChI=1S/C15H23N3O/c1-18(13-8-4-5-9-14(13)19)10-11-6-2-3-7-12(11)15(16)17/h2-3,6-7,13-14,19H,4-5,8-10H2,1H3,(H3,16,17). The molecule has 1 fully saturated rings. The molecule has 0 aliphatic heterocycles. The third-order valence-corrected chi connectivity index (χ3v) is 3.99. The Morgan fingerprint density at radius 2 is 2.05 bits per heavy atom. The van der Waals surface area contributed by atoms with Crippen LogP contribution in [0.2, 0.25) is 0 Å². The van der Waals surface area contributed by atoms with Crippen LogP contribution in [-0.4, -0.2) is 35.0 Å². The Kier molecular flexibility index (Phi) is 4.56. The van der Waals surface area contributed by atoms with Crippen molar-refractivity contribution in [1.29, 1.82) is 5.41 Å². The van der Waals surface area contributed by atoms with Crippen LogP contribution in [0.3, 0.4) is 0 Å². The Labute approximate surface area is 114 Å². The lowest BCUT2D eigenvalue weighted by atomic mass is 9.91. The Balaban J connectivity index is 2.10. The van der Waals surface area contributed by atoms with E-state index in [0.717, 1.165) is 36.9 Å². The lowest BCUT2D eigenvalue weighted by molar-refractivity contribution is 0.0288. The summed E-state index contributed by atoms with van der Waals surface area (Å²) in [5.74, 6) is 0.105. The van der Waals surface area contributed by atoms with Gasteiger partial charge in [0.05, 0.1) is 6.10 Å². The first-order valence-corrected chi connectivity index (χ1v) is 6.90. The van der Waals surface area contributed by atoms with E-state index in [1.807, 2.05) is 31.3 Å². The first-order valence-electron chi connectivity index (χ1n) is 6.90.